The van der Waals surface area contributed by atoms with Gasteiger partial charge in [-0.15, -0.1) is 0 Å². The average molecular weight is 515 g/mol. The summed E-state index contributed by atoms with van der Waals surface area (Å²) in [5, 5.41) is 21.0. The molecule has 3 atom stereocenters. The number of aliphatic carboxylic acids is 1. The van der Waals surface area contributed by atoms with E-state index in [0.717, 1.165) is 50.8 Å². The summed E-state index contributed by atoms with van der Waals surface area (Å²) < 4.78 is 26.6. The normalized spacial score (nSPS) is 23.4. The molecule has 0 amide bonds. The Kier molecular flexibility index (Phi) is 8.98. The van der Waals surface area contributed by atoms with E-state index in [4.69, 9.17) is 0 Å². The molecule has 3 unspecified atom stereocenters. The maximum absolute atomic E-state index is 13.5. The predicted molar refractivity (Wildman–Crippen MR) is 140 cm³/mol. The van der Waals surface area contributed by atoms with E-state index in [1.807, 2.05) is 32.0 Å². The molecule has 2 fully saturated rings. The van der Waals surface area contributed by atoms with Crippen molar-refractivity contribution in [1.29, 1.82) is 0 Å². The summed E-state index contributed by atoms with van der Waals surface area (Å²) in [6.07, 6.45) is 3.34. The molecule has 4 rings (SSSR count). The van der Waals surface area contributed by atoms with Crippen LogP contribution in [0.15, 0.2) is 48.5 Å². The van der Waals surface area contributed by atoms with Crippen LogP contribution in [0.25, 0.3) is 0 Å². The standard InChI is InChI=1S/C30H40F2N2O3/c1-21(2)28(29(35)36)34-19-24(25(20-34)23-8-4-3-5-9-23)18-33-15-13-30(37,14-16-33)12-6-7-22-10-11-26(31)27(32)17-22/h3-5,8-11,17,21,24-25,28,37H,6-7,12-16,18-20H2,1-2H3,(H,35,36). The highest BCUT2D eigenvalue weighted by Gasteiger charge is 2.42. The van der Waals surface area contributed by atoms with E-state index >= 15 is 0 Å². The lowest BCUT2D eigenvalue weighted by molar-refractivity contribution is -0.144. The van der Waals surface area contributed by atoms with Gasteiger partial charge in [-0.25, -0.2) is 8.78 Å². The summed E-state index contributed by atoms with van der Waals surface area (Å²) in [5.41, 5.74) is 1.27. The molecule has 0 aliphatic carbocycles. The van der Waals surface area contributed by atoms with E-state index in [1.165, 1.54) is 11.6 Å². The summed E-state index contributed by atoms with van der Waals surface area (Å²) in [6.45, 7) is 7.92. The summed E-state index contributed by atoms with van der Waals surface area (Å²) in [4.78, 5) is 16.6. The Labute approximate surface area is 219 Å². The van der Waals surface area contributed by atoms with Crippen molar-refractivity contribution in [3.8, 4) is 0 Å². The molecule has 5 nitrogen and oxygen atoms in total. The molecule has 0 saturated carbocycles. The molecule has 2 heterocycles. The lowest BCUT2D eigenvalue weighted by atomic mass is 9.84. The second-order valence-electron chi connectivity index (χ2n) is 11.4. The highest BCUT2D eigenvalue weighted by Crippen LogP contribution is 2.37. The Bertz CT molecular complexity index is 1040. The molecule has 0 bridgehead atoms. The van der Waals surface area contributed by atoms with Gasteiger partial charge in [-0.2, -0.15) is 0 Å². The number of nitrogens with zero attached hydrogens (tertiary/aromatic N) is 2. The molecule has 2 N–H and O–H groups in total. The highest BCUT2D eigenvalue weighted by atomic mass is 19.2. The van der Waals surface area contributed by atoms with Crippen molar-refractivity contribution in [1.82, 2.24) is 9.80 Å². The number of carbonyl (C=O) groups is 1. The Morgan fingerprint density at radius 2 is 1.76 bits per heavy atom. The summed E-state index contributed by atoms with van der Waals surface area (Å²) >= 11 is 0. The van der Waals surface area contributed by atoms with Crippen molar-refractivity contribution < 1.29 is 23.8 Å². The van der Waals surface area contributed by atoms with Crippen LogP contribution in [-0.2, 0) is 11.2 Å². The van der Waals surface area contributed by atoms with Crippen LogP contribution in [0, 0.1) is 23.5 Å². The second kappa shape index (κ2) is 12.0. The first kappa shape index (κ1) is 27.7. The summed E-state index contributed by atoms with van der Waals surface area (Å²) in [5.74, 6) is -1.79. The minimum Gasteiger partial charge on any atom is -0.480 e. The van der Waals surface area contributed by atoms with Crippen molar-refractivity contribution in [2.45, 2.75) is 63.5 Å². The van der Waals surface area contributed by atoms with Gasteiger partial charge in [0.2, 0.25) is 0 Å². The molecule has 2 aromatic carbocycles. The zero-order chi connectivity index (χ0) is 26.6. The number of piperidine rings is 1. The van der Waals surface area contributed by atoms with Crippen molar-refractivity contribution in [3.63, 3.8) is 0 Å². The van der Waals surface area contributed by atoms with Crippen LogP contribution < -0.4 is 0 Å². The van der Waals surface area contributed by atoms with E-state index in [-0.39, 0.29) is 11.8 Å². The number of aryl methyl sites for hydroxylation is 1. The zero-order valence-electron chi connectivity index (χ0n) is 22.0. The molecule has 0 radical (unpaired) electrons. The van der Waals surface area contributed by atoms with Gasteiger partial charge in [0.1, 0.15) is 6.04 Å². The topological polar surface area (TPSA) is 64.0 Å². The van der Waals surface area contributed by atoms with E-state index in [9.17, 15) is 23.8 Å². The van der Waals surface area contributed by atoms with Crippen LogP contribution in [0.2, 0.25) is 0 Å². The monoisotopic (exact) mass is 514 g/mol. The van der Waals surface area contributed by atoms with Crippen molar-refractivity contribution in [2.24, 2.45) is 11.8 Å². The van der Waals surface area contributed by atoms with Gasteiger partial charge in [-0.05, 0) is 67.2 Å². The Hall–Kier alpha value is -2.35. The van der Waals surface area contributed by atoms with Gasteiger partial charge in [0, 0.05) is 38.6 Å². The molecule has 0 spiro atoms. The maximum atomic E-state index is 13.5. The molecule has 37 heavy (non-hydrogen) atoms. The van der Waals surface area contributed by atoms with Gasteiger partial charge >= 0.3 is 5.97 Å². The maximum Gasteiger partial charge on any atom is 0.321 e. The number of hydrogen-bond donors (Lipinski definition) is 2. The number of carboxylic acids is 1. The molecule has 2 aliphatic rings. The molecule has 0 aromatic heterocycles. The second-order valence-corrected chi connectivity index (χ2v) is 11.4. The Morgan fingerprint density at radius 1 is 1.05 bits per heavy atom. The Morgan fingerprint density at radius 3 is 2.38 bits per heavy atom. The lowest BCUT2D eigenvalue weighted by Gasteiger charge is -2.40. The van der Waals surface area contributed by atoms with Crippen LogP contribution in [0.3, 0.4) is 0 Å². The smallest absolute Gasteiger partial charge is 0.321 e. The van der Waals surface area contributed by atoms with Crippen molar-refractivity contribution in [2.75, 3.05) is 32.7 Å². The number of benzene rings is 2. The van der Waals surface area contributed by atoms with Crippen LogP contribution in [0.5, 0.6) is 0 Å². The number of carboxylic acid groups (broad SMARTS) is 1. The van der Waals surface area contributed by atoms with E-state index in [2.05, 4.69) is 21.9 Å². The third-order valence-corrected chi connectivity index (χ3v) is 8.35. The first-order chi connectivity index (χ1) is 17.6. The number of hydrogen-bond acceptors (Lipinski definition) is 4. The van der Waals surface area contributed by atoms with Gasteiger partial charge in [-0.3, -0.25) is 9.69 Å². The number of rotatable bonds is 10. The molecule has 202 valence electrons. The third-order valence-electron chi connectivity index (χ3n) is 8.35. The minimum absolute atomic E-state index is 0.0315. The quantitative estimate of drug-likeness (QED) is 0.470. The first-order valence-electron chi connectivity index (χ1n) is 13.6. The zero-order valence-corrected chi connectivity index (χ0v) is 22.0. The molecular weight excluding hydrogens is 474 g/mol. The van der Waals surface area contributed by atoms with Crippen molar-refractivity contribution in [3.05, 3.63) is 71.3 Å². The summed E-state index contributed by atoms with van der Waals surface area (Å²) in [7, 11) is 0. The minimum atomic E-state index is -0.836. The van der Waals surface area contributed by atoms with E-state index in [1.54, 1.807) is 6.07 Å². The fourth-order valence-electron chi connectivity index (χ4n) is 6.31. The SMILES string of the molecule is CC(C)C(C(=O)O)N1CC(CN2CCC(O)(CCCc3ccc(F)c(F)c3)CC2)C(c2ccccc2)C1. The molecule has 7 heteroatoms. The third kappa shape index (κ3) is 6.95. The molecular formula is C30H40F2N2O3. The van der Waals surface area contributed by atoms with Crippen molar-refractivity contribution >= 4 is 5.97 Å². The number of aliphatic hydroxyl groups is 1. The molecule has 2 aromatic rings. The van der Waals surface area contributed by atoms with E-state index in [0.29, 0.717) is 31.6 Å². The molecule has 2 aliphatic heterocycles. The van der Waals surface area contributed by atoms with Gasteiger partial charge in [-0.1, -0.05) is 50.2 Å². The first-order valence-corrected chi connectivity index (χ1v) is 13.6. The van der Waals surface area contributed by atoms with Gasteiger partial charge < -0.3 is 15.1 Å². The lowest BCUT2D eigenvalue weighted by Crippen LogP contribution is -2.47. The van der Waals surface area contributed by atoms with Gasteiger partial charge in [0.05, 0.1) is 5.60 Å². The van der Waals surface area contributed by atoms with Gasteiger partial charge in [0.25, 0.3) is 0 Å². The fraction of sp³-hybridized carbons (Fsp3) is 0.567. The predicted octanol–water partition coefficient (Wildman–Crippen LogP) is 4.94. The van der Waals surface area contributed by atoms with Crippen LogP contribution >= 0.6 is 0 Å². The van der Waals surface area contributed by atoms with E-state index < -0.39 is 29.2 Å². The fourth-order valence-corrected chi connectivity index (χ4v) is 6.31. The largest absolute Gasteiger partial charge is 0.480 e. The number of halogens is 2. The summed E-state index contributed by atoms with van der Waals surface area (Å²) in [6, 6.07) is 13.9. The highest BCUT2D eigenvalue weighted by molar-refractivity contribution is 5.73. The van der Waals surface area contributed by atoms with Crippen LogP contribution in [-0.4, -0.2) is 70.3 Å². The van der Waals surface area contributed by atoms with Crippen LogP contribution in [0.1, 0.15) is 56.6 Å². The van der Waals surface area contributed by atoms with Crippen LogP contribution in [0.4, 0.5) is 8.78 Å². The Balaban J connectivity index is 1.33. The molecule has 2 saturated heterocycles. The average Bonchev–Trinajstić information content (AvgIpc) is 3.26. The van der Waals surface area contributed by atoms with Gasteiger partial charge in [0.15, 0.2) is 11.6 Å². The number of likely N-dealkylation sites (tertiary alicyclic amines) is 2.